The molecule has 1 N–H and O–H groups in total. The molecule has 4 rings (SSSR count). The molecular formula is C21H20N2O4S. The van der Waals surface area contributed by atoms with Crippen molar-refractivity contribution in [1.82, 2.24) is 5.32 Å². The van der Waals surface area contributed by atoms with Gasteiger partial charge < -0.3 is 10.1 Å². The Balaban J connectivity index is 1.40. The summed E-state index contributed by atoms with van der Waals surface area (Å²) in [4.78, 5) is 12.6. The fraction of sp³-hybridized carbons (Fsp3) is 0.190. The van der Waals surface area contributed by atoms with E-state index >= 15 is 0 Å². The van der Waals surface area contributed by atoms with E-state index in [4.69, 9.17) is 4.74 Å². The van der Waals surface area contributed by atoms with Gasteiger partial charge in [-0.15, -0.1) is 0 Å². The van der Waals surface area contributed by atoms with E-state index < -0.39 is 10.0 Å². The molecule has 0 spiro atoms. The summed E-state index contributed by atoms with van der Waals surface area (Å²) >= 11 is 0. The molecule has 6 nitrogen and oxygen atoms in total. The second kappa shape index (κ2) is 7.16. The molecule has 144 valence electrons. The lowest BCUT2D eigenvalue weighted by Crippen LogP contribution is -2.40. The van der Waals surface area contributed by atoms with Gasteiger partial charge in [0.25, 0.3) is 10.0 Å². The normalized spacial score (nSPS) is 14.2. The van der Waals surface area contributed by atoms with Crippen molar-refractivity contribution in [2.24, 2.45) is 0 Å². The quantitative estimate of drug-likeness (QED) is 0.650. The van der Waals surface area contributed by atoms with Crippen molar-refractivity contribution in [3.63, 3.8) is 0 Å². The third-order valence-electron chi connectivity index (χ3n) is 4.68. The van der Waals surface area contributed by atoms with Crippen LogP contribution in [-0.4, -0.2) is 34.0 Å². The minimum atomic E-state index is -3.73. The van der Waals surface area contributed by atoms with Gasteiger partial charge in [-0.3, -0.25) is 9.10 Å². The number of carbonyl (C=O) groups excluding carboxylic acids is 1. The Morgan fingerprint density at radius 3 is 2.50 bits per heavy atom. The number of hydrogen-bond acceptors (Lipinski definition) is 4. The maximum absolute atomic E-state index is 12.9. The van der Waals surface area contributed by atoms with Crippen LogP contribution < -0.4 is 14.4 Å². The van der Waals surface area contributed by atoms with Crippen molar-refractivity contribution in [3.05, 3.63) is 66.2 Å². The highest BCUT2D eigenvalue weighted by molar-refractivity contribution is 7.93. The highest BCUT2D eigenvalue weighted by atomic mass is 32.2. The zero-order valence-corrected chi connectivity index (χ0v) is 16.2. The zero-order valence-electron chi connectivity index (χ0n) is 15.4. The van der Waals surface area contributed by atoms with Gasteiger partial charge in [0, 0.05) is 5.39 Å². The van der Waals surface area contributed by atoms with Crippen molar-refractivity contribution in [2.45, 2.75) is 11.8 Å². The zero-order chi connectivity index (χ0) is 19.7. The van der Waals surface area contributed by atoms with Gasteiger partial charge >= 0.3 is 0 Å². The van der Waals surface area contributed by atoms with Crippen LogP contribution in [0.15, 0.2) is 65.6 Å². The smallest absolute Gasteiger partial charge is 0.265 e. The first kappa shape index (κ1) is 18.3. The number of amides is 1. The number of anilines is 1. The molecule has 1 heterocycles. The largest absolute Gasteiger partial charge is 0.492 e. The molecule has 3 aromatic carbocycles. The fourth-order valence-corrected chi connectivity index (χ4v) is 4.98. The van der Waals surface area contributed by atoms with Crippen LogP contribution in [0.4, 0.5) is 5.69 Å². The Hall–Kier alpha value is -3.06. The Morgan fingerprint density at radius 2 is 1.75 bits per heavy atom. The molecule has 0 saturated heterocycles. The molecule has 0 atom stereocenters. The number of sulfonamides is 1. The monoisotopic (exact) mass is 396 g/mol. The molecule has 1 amide bonds. The van der Waals surface area contributed by atoms with Gasteiger partial charge in [-0.05, 0) is 36.6 Å². The molecule has 0 aromatic heterocycles. The molecule has 28 heavy (non-hydrogen) atoms. The summed E-state index contributed by atoms with van der Waals surface area (Å²) in [6, 6.07) is 18.2. The summed E-state index contributed by atoms with van der Waals surface area (Å²) in [5, 5.41) is 4.23. The van der Waals surface area contributed by atoms with E-state index in [1.807, 2.05) is 43.3 Å². The van der Waals surface area contributed by atoms with Crippen LogP contribution in [0.25, 0.3) is 10.8 Å². The third-order valence-corrected chi connectivity index (χ3v) is 6.48. The third kappa shape index (κ3) is 3.29. The maximum atomic E-state index is 12.9. The van der Waals surface area contributed by atoms with Crippen LogP contribution in [0.1, 0.15) is 5.56 Å². The number of rotatable bonds is 6. The van der Waals surface area contributed by atoms with Crippen LogP contribution >= 0.6 is 0 Å². The molecule has 1 aliphatic heterocycles. The summed E-state index contributed by atoms with van der Waals surface area (Å²) in [5.74, 6) is 0.352. The predicted octanol–water partition coefficient (Wildman–Crippen LogP) is 2.85. The lowest BCUT2D eigenvalue weighted by atomic mass is 10.1. The number of benzene rings is 3. The molecule has 0 bridgehead atoms. The summed E-state index contributed by atoms with van der Waals surface area (Å²) in [6.07, 6.45) is 0. The van der Waals surface area contributed by atoms with Crippen LogP contribution in [0.5, 0.6) is 5.75 Å². The summed E-state index contributed by atoms with van der Waals surface area (Å²) in [6.45, 7) is 2.32. The first-order valence-corrected chi connectivity index (χ1v) is 10.4. The van der Waals surface area contributed by atoms with Crippen molar-refractivity contribution < 1.29 is 17.9 Å². The topological polar surface area (TPSA) is 75.7 Å². The number of carbonyl (C=O) groups is 1. The second-order valence-electron chi connectivity index (χ2n) is 6.65. The molecule has 0 fully saturated rings. The van der Waals surface area contributed by atoms with Crippen LogP contribution in [0.3, 0.4) is 0 Å². The molecule has 0 radical (unpaired) electrons. The average Bonchev–Trinajstić information content (AvgIpc) is 2.90. The van der Waals surface area contributed by atoms with Gasteiger partial charge in [0.05, 0.1) is 17.1 Å². The Morgan fingerprint density at radius 1 is 1.04 bits per heavy atom. The second-order valence-corrected chi connectivity index (χ2v) is 8.49. The number of hydrogen-bond donors (Lipinski definition) is 1. The van der Waals surface area contributed by atoms with Gasteiger partial charge in [0.15, 0.2) is 0 Å². The molecule has 0 saturated carbocycles. The first-order valence-electron chi connectivity index (χ1n) is 8.97. The maximum Gasteiger partial charge on any atom is 0.265 e. The van der Waals surface area contributed by atoms with Crippen LogP contribution in [0, 0.1) is 6.92 Å². The molecule has 7 heteroatoms. The summed E-state index contributed by atoms with van der Waals surface area (Å²) in [7, 11) is -3.73. The van der Waals surface area contributed by atoms with Crippen molar-refractivity contribution in [2.75, 3.05) is 24.0 Å². The number of ether oxygens (including phenoxy) is 1. The summed E-state index contributed by atoms with van der Waals surface area (Å²) in [5.41, 5.74) is 1.68. The van der Waals surface area contributed by atoms with Crippen molar-refractivity contribution in [3.8, 4) is 5.75 Å². The molecule has 1 aliphatic rings. The number of nitrogens with one attached hydrogen (secondary N) is 1. The number of nitrogens with zero attached hydrogens (tertiary/aromatic N) is 1. The van der Waals surface area contributed by atoms with Crippen molar-refractivity contribution >= 4 is 32.4 Å². The standard InChI is InChI=1S/C21H20N2O4S/c1-15-8-10-17(11-9-15)27-13-12-22-20(24)14-23-18-6-2-4-16-5-3-7-19(21(16)18)28(23,25)26/h2-11H,12-14H2,1H3,(H,22,24). The van der Waals surface area contributed by atoms with E-state index in [1.165, 1.54) is 4.31 Å². The van der Waals surface area contributed by atoms with E-state index in [2.05, 4.69) is 5.32 Å². The highest BCUT2D eigenvalue weighted by Crippen LogP contribution is 2.41. The fourth-order valence-electron chi connectivity index (χ4n) is 3.31. The lowest BCUT2D eigenvalue weighted by Gasteiger charge is -2.18. The molecular weight excluding hydrogens is 376 g/mol. The van der Waals surface area contributed by atoms with E-state index in [1.54, 1.807) is 24.3 Å². The Bertz CT molecular complexity index is 1140. The van der Waals surface area contributed by atoms with Gasteiger partial charge in [-0.1, -0.05) is 42.0 Å². The van der Waals surface area contributed by atoms with Crippen LogP contribution in [0.2, 0.25) is 0 Å². The van der Waals surface area contributed by atoms with Gasteiger partial charge in [0.2, 0.25) is 5.91 Å². The Kier molecular flexibility index (Phi) is 4.68. The van der Waals surface area contributed by atoms with Gasteiger partial charge in [-0.25, -0.2) is 8.42 Å². The highest BCUT2D eigenvalue weighted by Gasteiger charge is 2.36. The Labute approximate surface area is 163 Å². The number of aryl methyl sites for hydroxylation is 1. The van der Waals surface area contributed by atoms with Gasteiger partial charge in [0.1, 0.15) is 18.9 Å². The van der Waals surface area contributed by atoms with Crippen LogP contribution in [-0.2, 0) is 14.8 Å². The first-order chi connectivity index (χ1) is 13.5. The molecule has 0 unspecified atom stereocenters. The van der Waals surface area contributed by atoms with Crippen molar-refractivity contribution in [1.29, 1.82) is 0 Å². The average molecular weight is 396 g/mol. The van der Waals surface area contributed by atoms with E-state index in [0.29, 0.717) is 17.7 Å². The molecule has 3 aromatic rings. The SMILES string of the molecule is Cc1ccc(OCCNC(=O)CN2c3cccc4cccc(c34)S2(=O)=O)cc1. The van der Waals surface area contributed by atoms with E-state index in [0.717, 1.165) is 16.7 Å². The minimum Gasteiger partial charge on any atom is -0.492 e. The van der Waals surface area contributed by atoms with E-state index in [-0.39, 0.29) is 23.9 Å². The lowest BCUT2D eigenvalue weighted by molar-refractivity contribution is -0.119. The predicted molar refractivity (Wildman–Crippen MR) is 108 cm³/mol. The van der Waals surface area contributed by atoms with E-state index in [9.17, 15) is 13.2 Å². The van der Waals surface area contributed by atoms with Gasteiger partial charge in [-0.2, -0.15) is 0 Å². The molecule has 0 aliphatic carbocycles. The summed E-state index contributed by atoms with van der Waals surface area (Å²) < 4.78 is 32.5. The minimum absolute atomic E-state index is 0.246.